The maximum Gasteiger partial charge on any atom is 0.133 e. The van der Waals surface area contributed by atoms with E-state index < -0.39 is 0 Å². The molecule has 0 N–H and O–H groups in total. The average Bonchev–Trinajstić information content (AvgIpc) is 4.19. The van der Waals surface area contributed by atoms with Crippen LogP contribution in [-0.2, 0) is 12.8 Å². The third-order valence-electron chi connectivity index (χ3n) is 7.26. The van der Waals surface area contributed by atoms with Crippen LogP contribution in [0.1, 0.15) is 112 Å². The van der Waals surface area contributed by atoms with Gasteiger partial charge in [-0.25, -0.2) is 0 Å². The second-order valence-electron chi connectivity index (χ2n) is 10.4. The molecule has 0 saturated carbocycles. The topological polar surface area (TPSA) is 26.3 Å². The van der Waals surface area contributed by atoms with Crippen molar-refractivity contribution in [3.63, 3.8) is 0 Å². The minimum atomic E-state index is 0.956. The maximum atomic E-state index is 5.12. The molecule has 3 heteroatoms. The van der Waals surface area contributed by atoms with Crippen molar-refractivity contribution in [1.82, 2.24) is 0 Å². The van der Waals surface area contributed by atoms with Crippen LogP contribution in [0.3, 0.4) is 0 Å². The molecule has 312 valence electrons. The molecule has 2 nitrogen and oxygen atoms in total. The molecule has 0 radical (unpaired) electrons. The Morgan fingerprint density at radius 1 is 0.431 bits per heavy atom. The van der Waals surface area contributed by atoms with Crippen molar-refractivity contribution < 1.29 is 8.83 Å². The molecule has 0 amide bonds. The van der Waals surface area contributed by atoms with Gasteiger partial charge in [-0.3, -0.25) is 0 Å². The molecule has 0 atom stereocenters. The molecule has 0 aliphatic heterocycles. The summed E-state index contributed by atoms with van der Waals surface area (Å²) in [5, 5.41) is 5.25. The Balaban J connectivity index is 0. The lowest BCUT2D eigenvalue weighted by atomic mass is 10.1. The van der Waals surface area contributed by atoms with Crippen molar-refractivity contribution >= 4 is 28.4 Å². The molecule has 0 bridgehead atoms. The predicted molar refractivity (Wildman–Crippen MR) is 264 cm³/mol. The number of thiophene rings is 1. The summed E-state index contributed by atoms with van der Waals surface area (Å²) in [5.41, 5.74) is 9.55. The lowest BCUT2D eigenvalue weighted by molar-refractivity contribution is 0.567. The van der Waals surface area contributed by atoms with Crippen molar-refractivity contribution in [3.05, 3.63) is 210 Å². The molecular weight excluding hydrogens is 725 g/mol. The van der Waals surface area contributed by atoms with Gasteiger partial charge in [-0.2, -0.15) is 11.3 Å². The van der Waals surface area contributed by atoms with E-state index in [0.717, 1.165) is 30.2 Å². The SMILES string of the molecule is C1=CCC=C1.C1=Cc2ccccc2C1.CC.CC.CC.CC.CC.CC.c1ccc2c(c1)Cc1ccccc1-2.c1ccc2occc2c1.c1ccoc1.c1ccsc1. The van der Waals surface area contributed by atoms with E-state index in [9.17, 15) is 0 Å². The highest BCUT2D eigenvalue weighted by molar-refractivity contribution is 7.07. The van der Waals surface area contributed by atoms with Crippen LogP contribution in [0.4, 0.5) is 0 Å². The summed E-state index contributed by atoms with van der Waals surface area (Å²) < 4.78 is 9.70. The van der Waals surface area contributed by atoms with Gasteiger partial charge in [0.2, 0.25) is 0 Å². The van der Waals surface area contributed by atoms with E-state index in [-0.39, 0.29) is 0 Å². The van der Waals surface area contributed by atoms with Crippen LogP contribution in [0.15, 0.2) is 196 Å². The van der Waals surface area contributed by atoms with E-state index in [1.807, 2.05) is 148 Å². The summed E-state index contributed by atoms with van der Waals surface area (Å²) in [5.74, 6) is 0. The highest BCUT2D eigenvalue weighted by Crippen LogP contribution is 2.35. The summed E-state index contributed by atoms with van der Waals surface area (Å²) >= 11 is 1.71. The fraction of sp³-hybridized carbons (Fsp3) is 0.273. The van der Waals surface area contributed by atoms with Crippen molar-refractivity contribution in [1.29, 1.82) is 0 Å². The molecule has 3 aliphatic rings. The maximum absolute atomic E-state index is 5.12. The Hall–Kier alpha value is -5.38. The van der Waals surface area contributed by atoms with Crippen LogP contribution < -0.4 is 0 Å². The molecule has 58 heavy (non-hydrogen) atoms. The molecule has 3 aromatic heterocycles. The van der Waals surface area contributed by atoms with Crippen molar-refractivity contribution in [3.8, 4) is 11.1 Å². The number of rotatable bonds is 0. The molecule has 7 aromatic rings. The van der Waals surface area contributed by atoms with Crippen molar-refractivity contribution in [2.24, 2.45) is 0 Å². The van der Waals surface area contributed by atoms with Gasteiger partial charge < -0.3 is 8.83 Å². The van der Waals surface area contributed by atoms with Crippen molar-refractivity contribution in [2.75, 3.05) is 0 Å². The smallest absolute Gasteiger partial charge is 0.133 e. The number of benzene rings is 4. The summed E-state index contributed by atoms with van der Waals surface area (Å²) in [7, 11) is 0. The molecule has 0 spiro atoms. The number of para-hydroxylation sites is 1. The fourth-order valence-corrected chi connectivity index (χ4v) is 5.48. The van der Waals surface area contributed by atoms with Gasteiger partial charge in [0.1, 0.15) is 5.58 Å². The first kappa shape index (κ1) is 54.7. The molecular formula is C55H74O2S. The Labute approximate surface area is 358 Å². The minimum absolute atomic E-state index is 0.956. The van der Waals surface area contributed by atoms with Crippen LogP contribution >= 0.6 is 11.3 Å². The third kappa shape index (κ3) is 23.0. The van der Waals surface area contributed by atoms with E-state index >= 15 is 0 Å². The highest BCUT2D eigenvalue weighted by Gasteiger charge is 2.15. The number of hydrogen-bond donors (Lipinski definition) is 0. The van der Waals surface area contributed by atoms with Gasteiger partial charge >= 0.3 is 0 Å². The quantitative estimate of drug-likeness (QED) is 0.153. The fourth-order valence-electron chi connectivity index (χ4n) is 5.03. The number of allylic oxidation sites excluding steroid dienone is 5. The van der Waals surface area contributed by atoms with Gasteiger partial charge in [0.25, 0.3) is 0 Å². The normalized spacial score (nSPS) is 10.0. The standard InChI is InChI=1S/C13H10.C9H8.C8H6O.C5H6.C4H4O.C4H4S.6C2H6/c1-3-7-12-10(5-1)9-11-6-2-4-8-13(11)12;1-2-5-9-7-3-6-8(9)4-1;1-2-4-8-7(3-1)5-6-9-8;3*1-2-4-5-3-1;6*1-2/h1-8H,9H2;1-6H,7H2;1-6H;1-4H,5H2;2*1-4H;6*1-2H3. The Morgan fingerprint density at radius 3 is 1.34 bits per heavy atom. The summed E-state index contributed by atoms with van der Waals surface area (Å²) in [6, 6.07) is 43.4. The van der Waals surface area contributed by atoms with E-state index in [0.29, 0.717) is 0 Å². The van der Waals surface area contributed by atoms with Gasteiger partial charge in [-0.15, -0.1) is 0 Å². The largest absolute Gasteiger partial charge is 0.473 e. The van der Waals surface area contributed by atoms with Crippen LogP contribution in [0.5, 0.6) is 0 Å². The second-order valence-corrected chi connectivity index (χ2v) is 11.2. The zero-order chi connectivity index (χ0) is 43.5. The summed E-state index contributed by atoms with van der Waals surface area (Å²) in [6.45, 7) is 24.0. The molecule has 10 rings (SSSR count). The Bertz CT molecular complexity index is 1780. The molecule has 3 heterocycles. The monoisotopic (exact) mass is 799 g/mol. The molecule has 0 unspecified atom stereocenters. The summed E-state index contributed by atoms with van der Waals surface area (Å²) in [4.78, 5) is 0. The average molecular weight is 799 g/mol. The lowest BCUT2D eigenvalue weighted by Gasteiger charge is -1.98. The lowest BCUT2D eigenvalue weighted by Crippen LogP contribution is -1.77. The van der Waals surface area contributed by atoms with Crippen LogP contribution in [-0.4, -0.2) is 0 Å². The first-order valence-electron chi connectivity index (χ1n) is 21.5. The predicted octanol–water partition coefficient (Wildman–Crippen LogP) is 18.6. The van der Waals surface area contributed by atoms with Gasteiger partial charge in [-0.05, 0) is 87.7 Å². The third-order valence-corrected chi connectivity index (χ3v) is 7.89. The first-order chi connectivity index (χ1) is 28.9. The zero-order valence-electron chi connectivity index (χ0n) is 37.8. The van der Waals surface area contributed by atoms with Gasteiger partial charge in [-0.1, -0.05) is 223 Å². The van der Waals surface area contributed by atoms with E-state index in [1.165, 1.54) is 33.4 Å². The van der Waals surface area contributed by atoms with E-state index in [4.69, 9.17) is 4.42 Å². The minimum Gasteiger partial charge on any atom is -0.473 e. The number of furan rings is 2. The number of hydrogen-bond acceptors (Lipinski definition) is 3. The van der Waals surface area contributed by atoms with Gasteiger partial charge in [0, 0.05) is 5.39 Å². The molecule has 3 aliphatic carbocycles. The molecule has 4 aromatic carbocycles. The van der Waals surface area contributed by atoms with Crippen LogP contribution in [0.25, 0.3) is 28.2 Å². The Morgan fingerprint density at radius 2 is 0.914 bits per heavy atom. The summed E-state index contributed by atoms with van der Waals surface area (Å²) in [6.07, 6.45) is 21.0. The first-order valence-corrected chi connectivity index (χ1v) is 22.4. The molecule has 0 fully saturated rings. The van der Waals surface area contributed by atoms with E-state index in [2.05, 4.69) is 114 Å². The van der Waals surface area contributed by atoms with Gasteiger partial charge in [0.15, 0.2) is 0 Å². The van der Waals surface area contributed by atoms with Crippen molar-refractivity contribution in [2.45, 2.75) is 102 Å². The highest BCUT2D eigenvalue weighted by atomic mass is 32.1. The van der Waals surface area contributed by atoms with Crippen LogP contribution in [0.2, 0.25) is 0 Å². The Kier molecular flexibility index (Phi) is 38.9. The number of fused-ring (bicyclic) bond motifs is 5. The van der Waals surface area contributed by atoms with Gasteiger partial charge in [0.05, 0.1) is 18.8 Å². The van der Waals surface area contributed by atoms with Crippen LogP contribution in [0, 0.1) is 0 Å². The van der Waals surface area contributed by atoms with E-state index in [1.54, 1.807) is 30.1 Å². The zero-order valence-corrected chi connectivity index (χ0v) is 38.6. The molecule has 0 saturated heterocycles. The second kappa shape index (κ2) is 41.3.